The Morgan fingerprint density at radius 2 is 2.05 bits per heavy atom. The van der Waals surface area contributed by atoms with E-state index in [9.17, 15) is 0 Å². The van der Waals surface area contributed by atoms with E-state index in [2.05, 4.69) is 39.1 Å². The van der Waals surface area contributed by atoms with Crippen molar-refractivity contribution in [3.05, 3.63) is 36.0 Å². The third-order valence-electron chi connectivity index (χ3n) is 3.12. The van der Waals surface area contributed by atoms with Gasteiger partial charge >= 0.3 is 0 Å². The van der Waals surface area contributed by atoms with Gasteiger partial charge in [-0.2, -0.15) is 5.10 Å². The third-order valence-corrected chi connectivity index (χ3v) is 3.12. The molecule has 0 saturated carbocycles. The van der Waals surface area contributed by atoms with Gasteiger partial charge in [0.25, 0.3) is 0 Å². The number of anilines is 1. The molecule has 2 heterocycles. The normalized spacial score (nSPS) is 11.1. The maximum atomic E-state index is 4.48. The number of hydrogen-bond acceptors (Lipinski definition) is 5. The molecule has 0 aliphatic heterocycles. The van der Waals surface area contributed by atoms with Gasteiger partial charge in [0.1, 0.15) is 5.82 Å². The average Bonchev–Trinajstić information content (AvgIpc) is 2.84. The van der Waals surface area contributed by atoms with Crippen LogP contribution in [-0.2, 0) is 20.1 Å². The van der Waals surface area contributed by atoms with Crippen molar-refractivity contribution in [2.75, 3.05) is 18.5 Å². The van der Waals surface area contributed by atoms with Crippen molar-refractivity contribution in [3.8, 4) is 0 Å². The largest absolute Gasteiger partial charge is 0.354 e. The molecule has 0 spiro atoms. The van der Waals surface area contributed by atoms with E-state index >= 15 is 0 Å². The predicted octanol–water partition coefficient (Wildman–Crippen LogP) is 1.59. The number of hydrogen-bond donors (Lipinski definition) is 1. The Bertz CT molecular complexity index is 546. The van der Waals surface area contributed by atoms with Crippen LogP contribution in [0.3, 0.4) is 0 Å². The average molecular weight is 288 g/mol. The van der Waals surface area contributed by atoms with E-state index in [-0.39, 0.29) is 0 Å². The number of nitrogens with one attached hydrogen (secondary N) is 1. The summed E-state index contributed by atoms with van der Waals surface area (Å²) >= 11 is 0. The molecule has 2 rings (SSSR count). The zero-order valence-corrected chi connectivity index (χ0v) is 13.2. The Hall–Kier alpha value is -1.95. The smallest absolute Gasteiger partial charge is 0.147 e. The monoisotopic (exact) mass is 288 g/mol. The molecule has 114 valence electrons. The molecule has 0 saturated heterocycles. The lowest BCUT2D eigenvalue weighted by Crippen LogP contribution is -2.21. The van der Waals surface area contributed by atoms with Crippen LogP contribution in [0.5, 0.6) is 0 Å². The molecule has 2 aromatic rings. The molecule has 0 aliphatic carbocycles. The van der Waals surface area contributed by atoms with Crippen LogP contribution in [0.1, 0.15) is 25.1 Å². The fourth-order valence-corrected chi connectivity index (χ4v) is 2.03. The van der Waals surface area contributed by atoms with E-state index in [1.54, 1.807) is 4.68 Å². The van der Waals surface area contributed by atoms with Gasteiger partial charge in [0.2, 0.25) is 0 Å². The van der Waals surface area contributed by atoms with Crippen LogP contribution in [-0.4, -0.2) is 33.3 Å². The summed E-state index contributed by atoms with van der Waals surface area (Å²) < 4.78 is 1.80. The molecule has 0 aromatic carbocycles. The first kappa shape index (κ1) is 15.4. The quantitative estimate of drug-likeness (QED) is 0.838. The Balaban J connectivity index is 1.88. The summed E-state index contributed by atoms with van der Waals surface area (Å²) in [5.41, 5.74) is 2.12. The maximum Gasteiger partial charge on any atom is 0.147 e. The van der Waals surface area contributed by atoms with Gasteiger partial charge in [-0.3, -0.25) is 9.67 Å². The zero-order valence-electron chi connectivity index (χ0n) is 13.2. The second kappa shape index (κ2) is 7.17. The molecule has 1 N–H and O–H groups in total. The van der Waals surface area contributed by atoms with Crippen molar-refractivity contribution >= 4 is 5.82 Å². The minimum absolute atomic E-state index is 0.642. The van der Waals surface area contributed by atoms with E-state index in [0.717, 1.165) is 36.7 Å². The molecule has 0 aliphatic rings. The molecular weight excluding hydrogens is 264 g/mol. The molecule has 0 bridgehead atoms. The number of aromatic nitrogens is 4. The summed E-state index contributed by atoms with van der Waals surface area (Å²) in [6, 6.07) is 0. The van der Waals surface area contributed by atoms with Crippen molar-refractivity contribution in [2.45, 2.75) is 26.9 Å². The standard InChI is InChI=1S/C15H24N6/c1-12(2)5-16-7-14-8-18-15(9-17-14)20(3)10-13-6-19-21(4)11-13/h6,8-9,11-12,16H,5,7,10H2,1-4H3. The van der Waals surface area contributed by atoms with Crippen LogP contribution in [0, 0.1) is 5.92 Å². The van der Waals surface area contributed by atoms with Crippen molar-refractivity contribution in [2.24, 2.45) is 13.0 Å². The fourth-order valence-electron chi connectivity index (χ4n) is 2.03. The van der Waals surface area contributed by atoms with Gasteiger partial charge in [-0.25, -0.2) is 4.98 Å². The first-order valence-corrected chi connectivity index (χ1v) is 7.25. The molecule has 0 amide bonds. The highest BCUT2D eigenvalue weighted by Gasteiger charge is 2.06. The van der Waals surface area contributed by atoms with Crippen LogP contribution in [0.2, 0.25) is 0 Å². The van der Waals surface area contributed by atoms with Crippen molar-refractivity contribution in [3.63, 3.8) is 0 Å². The highest BCUT2D eigenvalue weighted by atomic mass is 15.2. The summed E-state index contributed by atoms with van der Waals surface area (Å²) in [5.74, 6) is 1.51. The van der Waals surface area contributed by atoms with Gasteiger partial charge in [0.05, 0.1) is 24.3 Å². The SMILES string of the molecule is CC(C)CNCc1cnc(N(C)Cc2cnn(C)c2)cn1. The van der Waals surface area contributed by atoms with Gasteiger partial charge in [-0.15, -0.1) is 0 Å². The molecule has 2 aromatic heterocycles. The van der Waals surface area contributed by atoms with E-state index in [0.29, 0.717) is 5.92 Å². The van der Waals surface area contributed by atoms with Crippen LogP contribution in [0.4, 0.5) is 5.82 Å². The van der Waals surface area contributed by atoms with Gasteiger partial charge < -0.3 is 10.2 Å². The van der Waals surface area contributed by atoms with E-state index in [1.165, 1.54) is 0 Å². The Kier molecular flexibility index (Phi) is 5.27. The lowest BCUT2D eigenvalue weighted by molar-refractivity contribution is 0.547. The van der Waals surface area contributed by atoms with Crippen molar-refractivity contribution < 1.29 is 0 Å². The second-order valence-electron chi connectivity index (χ2n) is 5.77. The summed E-state index contributed by atoms with van der Waals surface area (Å²) in [5, 5.41) is 7.54. The number of nitrogens with zero attached hydrogens (tertiary/aromatic N) is 5. The second-order valence-corrected chi connectivity index (χ2v) is 5.77. The molecule has 0 fully saturated rings. The lowest BCUT2D eigenvalue weighted by Gasteiger charge is -2.17. The Morgan fingerprint density at radius 1 is 1.24 bits per heavy atom. The van der Waals surface area contributed by atoms with Crippen molar-refractivity contribution in [1.82, 2.24) is 25.1 Å². The van der Waals surface area contributed by atoms with Crippen LogP contribution in [0.15, 0.2) is 24.8 Å². The van der Waals surface area contributed by atoms with E-state index in [4.69, 9.17) is 0 Å². The first-order chi connectivity index (χ1) is 10.0. The first-order valence-electron chi connectivity index (χ1n) is 7.25. The molecule has 21 heavy (non-hydrogen) atoms. The molecular formula is C15H24N6. The summed E-state index contributed by atoms with van der Waals surface area (Å²) in [6.45, 7) is 6.90. The molecule has 0 unspecified atom stereocenters. The lowest BCUT2D eigenvalue weighted by atomic mass is 10.2. The number of rotatable bonds is 7. The Labute approximate surface area is 126 Å². The highest BCUT2D eigenvalue weighted by molar-refractivity contribution is 5.35. The highest BCUT2D eigenvalue weighted by Crippen LogP contribution is 2.11. The van der Waals surface area contributed by atoms with Crippen LogP contribution in [0.25, 0.3) is 0 Å². The maximum absolute atomic E-state index is 4.48. The molecule has 6 heteroatoms. The fraction of sp³-hybridized carbons (Fsp3) is 0.533. The summed E-state index contributed by atoms with van der Waals surface area (Å²) in [4.78, 5) is 11.0. The predicted molar refractivity (Wildman–Crippen MR) is 83.9 cm³/mol. The summed E-state index contributed by atoms with van der Waals surface area (Å²) in [7, 11) is 3.93. The molecule has 0 atom stereocenters. The zero-order chi connectivity index (χ0) is 15.2. The minimum atomic E-state index is 0.642. The Morgan fingerprint density at radius 3 is 2.62 bits per heavy atom. The van der Waals surface area contributed by atoms with Gasteiger partial charge in [0, 0.05) is 38.9 Å². The van der Waals surface area contributed by atoms with Gasteiger partial charge in [0.15, 0.2) is 0 Å². The molecule has 6 nitrogen and oxygen atoms in total. The summed E-state index contributed by atoms with van der Waals surface area (Å²) in [6.07, 6.45) is 7.54. The minimum Gasteiger partial charge on any atom is -0.354 e. The third kappa shape index (κ3) is 4.82. The van der Waals surface area contributed by atoms with Crippen molar-refractivity contribution in [1.29, 1.82) is 0 Å². The number of aryl methyl sites for hydroxylation is 1. The van der Waals surface area contributed by atoms with Gasteiger partial charge in [-0.05, 0) is 12.5 Å². The van der Waals surface area contributed by atoms with Gasteiger partial charge in [-0.1, -0.05) is 13.8 Å². The van der Waals surface area contributed by atoms with E-state index in [1.807, 2.05) is 38.9 Å². The topological polar surface area (TPSA) is 58.9 Å². The van der Waals surface area contributed by atoms with Crippen LogP contribution < -0.4 is 10.2 Å². The molecule has 0 radical (unpaired) electrons. The van der Waals surface area contributed by atoms with E-state index < -0.39 is 0 Å². The van der Waals surface area contributed by atoms with Crippen LogP contribution >= 0.6 is 0 Å².